The Morgan fingerprint density at radius 2 is 1.95 bits per heavy atom. The molecule has 106 valence electrons. The van der Waals surface area contributed by atoms with Crippen molar-refractivity contribution in [3.63, 3.8) is 0 Å². The van der Waals surface area contributed by atoms with Crippen LogP contribution in [0.5, 0.6) is 5.75 Å². The number of nitrogens with zero attached hydrogens (tertiary/aromatic N) is 2. The minimum Gasteiger partial charge on any atom is -0.495 e. The van der Waals surface area contributed by atoms with Gasteiger partial charge >= 0.3 is 0 Å². The number of fused-ring (bicyclic) bond motifs is 1. The summed E-state index contributed by atoms with van der Waals surface area (Å²) in [4.78, 5) is 8.56. The van der Waals surface area contributed by atoms with Crippen molar-refractivity contribution in [2.24, 2.45) is 0 Å². The molecule has 0 aliphatic rings. The average molecular weight is 280 g/mol. The fourth-order valence-corrected chi connectivity index (χ4v) is 2.22. The van der Waals surface area contributed by atoms with Gasteiger partial charge in [0, 0.05) is 11.1 Å². The Hall–Kier alpha value is -2.82. The van der Waals surface area contributed by atoms with Crippen LogP contribution in [0.15, 0.2) is 42.7 Å². The third kappa shape index (κ3) is 2.58. The van der Waals surface area contributed by atoms with Gasteiger partial charge in [0.1, 0.15) is 17.9 Å². The molecule has 0 radical (unpaired) electrons. The monoisotopic (exact) mass is 280 g/mol. The van der Waals surface area contributed by atoms with Gasteiger partial charge in [-0.25, -0.2) is 9.97 Å². The Morgan fingerprint density at radius 1 is 1.10 bits per heavy atom. The van der Waals surface area contributed by atoms with E-state index in [1.807, 2.05) is 43.3 Å². The molecule has 1 aromatic heterocycles. The molecule has 3 aromatic rings. The van der Waals surface area contributed by atoms with Crippen LogP contribution >= 0.6 is 0 Å². The number of aromatic nitrogens is 2. The zero-order valence-corrected chi connectivity index (χ0v) is 11.9. The minimum atomic E-state index is 0.681. The predicted molar refractivity (Wildman–Crippen MR) is 85.0 cm³/mol. The lowest BCUT2D eigenvalue weighted by molar-refractivity contribution is 0.416. The van der Waals surface area contributed by atoms with E-state index in [1.54, 1.807) is 7.11 Å². The van der Waals surface area contributed by atoms with Crippen molar-refractivity contribution < 1.29 is 4.74 Å². The second-order valence-corrected chi connectivity index (χ2v) is 4.83. The Labute approximate surface area is 122 Å². The van der Waals surface area contributed by atoms with Gasteiger partial charge in [-0.3, -0.25) is 0 Å². The highest BCUT2D eigenvalue weighted by atomic mass is 16.5. The zero-order valence-electron chi connectivity index (χ0n) is 11.9. The molecule has 0 aliphatic heterocycles. The molecule has 2 aromatic carbocycles. The SMILES string of the molecule is COc1ccc(C)cc1Nc1ncnc2cc(N)ccc12. The van der Waals surface area contributed by atoms with Crippen LogP contribution in [0.1, 0.15) is 5.56 Å². The standard InChI is InChI=1S/C16H16N4O/c1-10-3-6-15(21-2)14(7-10)20-16-12-5-4-11(17)8-13(12)18-9-19-16/h3-9H,17H2,1-2H3,(H,18,19,20). The van der Waals surface area contributed by atoms with Gasteiger partial charge in [0.15, 0.2) is 0 Å². The number of anilines is 3. The molecule has 1 heterocycles. The summed E-state index contributed by atoms with van der Waals surface area (Å²) < 4.78 is 5.38. The van der Waals surface area contributed by atoms with E-state index in [0.29, 0.717) is 5.69 Å². The highest BCUT2D eigenvalue weighted by molar-refractivity contribution is 5.92. The number of nitrogens with two attached hydrogens (primary N) is 1. The van der Waals surface area contributed by atoms with Crippen molar-refractivity contribution in [1.82, 2.24) is 9.97 Å². The third-order valence-corrected chi connectivity index (χ3v) is 3.27. The van der Waals surface area contributed by atoms with Crippen LogP contribution in [0.4, 0.5) is 17.2 Å². The van der Waals surface area contributed by atoms with Crippen LogP contribution in [0.2, 0.25) is 0 Å². The molecule has 3 rings (SSSR count). The molecule has 0 bridgehead atoms. The van der Waals surface area contributed by atoms with Crippen LogP contribution in [0.25, 0.3) is 10.9 Å². The summed E-state index contributed by atoms with van der Waals surface area (Å²) in [6.45, 7) is 2.03. The van der Waals surface area contributed by atoms with Gasteiger partial charge in [0.25, 0.3) is 0 Å². The lowest BCUT2D eigenvalue weighted by Gasteiger charge is -2.12. The molecule has 0 fully saturated rings. The van der Waals surface area contributed by atoms with E-state index in [-0.39, 0.29) is 0 Å². The van der Waals surface area contributed by atoms with Gasteiger partial charge in [0.05, 0.1) is 18.3 Å². The summed E-state index contributed by atoms with van der Waals surface area (Å²) in [5, 5.41) is 4.22. The lowest BCUT2D eigenvalue weighted by Crippen LogP contribution is -1.99. The number of nitrogen functional groups attached to an aromatic ring is 1. The second-order valence-electron chi connectivity index (χ2n) is 4.83. The van der Waals surface area contributed by atoms with E-state index in [2.05, 4.69) is 15.3 Å². The molecular formula is C16H16N4O. The van der Waals surface area contributed by atoms with E-state index in [4.69, 9.17) is 10.5 Å². The Balaban J connectivity index is 2.08. The molecular weight excluding hydrogens is 264 g/mol. The molecule has 0 amide bonds. The molecule has 0 atom stereocenters. The quantitative estimate of drug-likeness (QED) is 0.720. The fraction of sp³-hybridized carbons (Fsp3) is 0.125. The number of ether oxygens (including phenoxy) is 1. The molecule has 5 nitrogen and oxygen atoms in total. The second kappa shape index (κ2) is 5.28. The van der Waals surface area contributed by atoms with E-state index < -0.39 is 0 Å². The van der Waals surface area contributed by atoms with Crippen LogP contribution < -0.4 is 15.8 Å². The highest BCUT2D eigenvalue weighted by Gasteiger charge is 2.08. The van der Waals surface area contributed by atoms with Crippen molar-refractivity contribution in [2.75, 3.05) is 18.2 Å². The van der Waals surface area contributed by atoms with Gasteiger partial charge in [0.2, 0.25) is 0 Å². The summed E-state index contributed by atoms with van der Waals surface area (Å²) in [5.74, 6) is 1.49. The molecule has 0 saturated carbocycles. The van der Waals surface area contributed by atoms with Gasteiger partial charge in [-0.2, -0.15) is 0 Å². The van der Waals surface area contributed by atoms with E-state index in [9.17, 15) is 0 Å². The maximum Gasteiger partial charge on any atom is 0.142 e. The average Bonchev–Trinajstić information content (AvgIpc) is 2.47. The normalized spacial score (nSPS) is 10.6. The number of hydrogen-bond donors (Lipinski definition) is 2. The molecule has 21 heavy (non-hydrogen) atoms. The van der Waals surface area contributed by atoms with Crippen molar-refractivity contribution in [3.05, 3.63) is 48.3 Å². The minimum absolute atomic E-state index is 0.681. The smallest absolute Gasteiger partial charge is 0.142 e. The molecule has 0 unspecified atom stereocenters. The first-order valence-corrected chi connectivity index (χ1v) is 6.59. The van der Waals surface area contributed by atoms with Crippen LogP contribution in [0.3, 0.4) is 0 Å². The molecule has 3 N–H and O–H groups in total. The number of rotatable bonds is 3. The van der Waals surface area contributed by atoms with Crippen LogP contribution in [-0.2, 0) is 0 Å². The Morgan fingerprint density at radius 3 is 2.76 bits per heavy atom. The zero-order chi connectivity index (χ0) is 14.8. The number of hydrogen-bond acceptors (Lipinski definition) is 5. The number of benzene rings is 2. The summed E-state index contributed by atoms with van der Waals surface area (Å²) in [5.41, 5.74) is 9.29. The van der Waals surface area contributed by atoms with Gasteiger partial charge < -0.3 is 15.8 Å². The molecule has 0 saturated heterocycles. The number of aryl methyl sites for hydroxylation is 1. The number of nitrogens with one attached hydrogen (secondary N) is 1. The van der Waals surface area contributed by atoms with Crippen molar-refractivity contribution >= 4 is 28.1 Å². The van der Waals surface area contributed by atoms with Gasteiger partial charge in [-0.1, -0.05) is 6.07 Å². The predicted octanol–water partition coefficient (Wildman–Crippen LogP) is 3.27. The van der Waals surface area contributed by atoms with E-state index >= 15 is 0 Å². The number of methoxy groups -OCH3 is 1. The summed E-state index contributed by atoms with van der Waals surface area (Å²) in [7, 11) is 1.65. The van der Waals surface area contributed by atoms with E-state index in [1.165, 1.54) is 6.33 Å². The Kier molecular flexibility index (Phi) is 3.31. The maximum atomic E-state index is 5.79. The van der Waals surface area contributed by atoms with E-state index in [0.717, 1.165) is 33.7 Å². The fourth-order valence-electron chi connectivity index (χ4n) is 2.22. The van der Waals surface area contributed by atoms with Crippen LogP contribution in [0, 0.1) is 6.92 Å². The molecule has 5 heteroatoms. The van der Waals surface area contributed by atoms with Crippen LogP contribution in [-0.4, -0.2) is 17.1 Å². The maximum absolute atomic E-state index is 5.79. The summed E-state index contributed by atoms with van der Waals surface area (Å²) in [6, 6.07) is 11.5. The lowest BCUT2D eigenvalue weighted by atomic mass is 10.2. The largest absolute Gasteiger partial charge is 0.495 e. The van der Waals surface area contributed by atoms with Crippen molar-refractivity contribution in [2.45, 2.75) is 6.92 Å². The molecule has 0 spiro atoms. The first-order chi connectivity index (χ1) is 10.2. The first kappa shape index (κ1) is 13.2. The topological polar surface area (TPSA) is 73.1 Å². The third-order valence-electron chi connectivity index (χ3n) is 3.27. The van der Waals surface area contributed by atoms with Gasteiger partial charge in [-0.05, 0) is 42.8 Å². The van der Waals surface area contributed by atoms with Crippen molar-refractivity contribution in [1.29, 1.82) is 0 Å². The Bertz CT molecular complexity index is 801. The first-order valence-electron chi connectivity index (χ1n) is 6.59. The van der Waals surface area contributed by atoms with Gasteiger partial charge in [-0.15, -0.1) is 0 Å². The van der Waals surface area contributed by atoms with Crippen molar-refractivity contribution in [3.8, 4) is 5.75 Å². The summed E-state index contributed by atoms with van der Waals surface area (Å²) in [6.07, 6.45) is 1.52. The molecule has 0 aliphatic carbocycles. The highest BCUT2D eigenvalue weighted by Crippen LogP contribution is 2.30. The summed E-state index contributed by atoms with van der Waals surface area (Å²) >= 11 is 0.